The van der Waals surface area contributed by atoms with Gasteiger partial charge in [0, 0.05) is 30.9 Å². The van der Waals surface area contributed by atoms with Crippen LogP contribution in [-0.4, -0.2) is 46.4 Å². The van der Waals surface area contributed by atoms with E-state index in [1.54, 1.807) is 11.3 Å². The molecule has 0 aromatic carbocycles. The minimum absolute atomic E-state index is 0.0722. The van der Waals surface area contributed by atoms with Crippen LogP contribution >= 0.6 is 11.3 Å². The van der Waals surface area contributed by atoms with Crippen molar-refractivity contribution in [1.29, 1.82) is 0 Å². The number of carbonyl (C=O) groups excluding carboxylic acids is 2. The van der Waals surface area contributed by atoms with Gasteiger partial charge in [-0.2, -0.15) is 0 Å². The van der Waals surface area contributed by atoms with E-state index >= 15 is 0 Å². The number of ether oxygens (including phenoxy) is 1. The molecule has 1 aliphatic heterocycles. The van der Waals surface area contributed by atoms with E-state index in [0.29, 0.717) is 32.4 Å². The van der Waals surface area contributed by atoms with Gasteiger partial charge in [-0.05, 0) is 12.8 Å². The highest BCUT2D eigenvalue weighted by molar-refractivity contribution is 7.15. The van der Waals surface area contributed by atoms with Crippen molar-refractivity contribution in [2.45, 2.75) is 19.3 Å². The van der Waals surface area contributed by atoms with Gasteiger partial charge < -0.3 is 9.64 Å². The van der Waals surface area contributed by atoms with Crippen molar-refractivity contribution >= 4 is 28.2 Å². The third-order valence-electron chi connectivity index (χ3n) is 3.86. The molecular weight excluding hydrogens is 290 g/mol. The predicted molar refractivity (Wildman–Crippen MR) is 78.1 cm³/mol. The van der Waals surface area contributed by atoms with Crippen molar-refractivity contribution < 1.29 is 14.3 Å². The summed E-state index contributed by atoms with van der Waals surface area (Å²) in [7, 11) is 1.41. The number of hydrogen-bond donors (Lipinski definition) is 0. The first kappa shape index (κ1) is 14.1. The molecule has 0 aliphatic carbocycles. The van der Waals surface area contributed by atoms with Gasteiger partial charge in [0.25, 0.3) is 0 Å². The second-order valence-electron chi connectivity index (χ2n) is 5.18. The highest BCUT2D eigenvalue weighted by atomic mass is 32.1. The van der Waals surface area contributed by atoms with Gasteiger partial charge in [0.05, 0.1) is 25.1 Å². The van der Waals surface area contributed by atoms with Crippen LogP contribution in [0.3, 0.4) is 0 Å². The van der Waals surface area contributed by atoms with Crippen molar-refractivity contribution in [1.82, 2.24) is 14.3 Å². The highest BCUT2D eigenvalue weighted by Gasteiger charge is 2.28. The number of methoxy groups -OCH3 is 1. The molecule has 0 unspecified atom stereocenters. The van der Waals surface area contributed by atoms with Gasteiger partial charge >= 0.3 is 5.97 Å². The maximum atomic E-state index is 12.3. The lowest BCUT2D eigenvalue weighted by Crippen LogP contribution is -2.41. The number of likely N-dealkylation sites (tertiary alicyclic amines) is 1. The van der Waals surface area contributed by atoms with Gasteiger partial charge in [-0.3, -0.25) is 14.0 Å². The van der Waals surface area contributed by atoms with Gasteiger partial charge in [-0.15, -0.1) is 11.3 Å². The monoisotopic (exact) mass is 307 g/mol. The third-order valence-corrected chi connectivity index (χ3v) is 4.63. The Morgan fingerprint density at radius 1 is 1.43 bits per heavy atom. The maximum Gasteiger partial charge on any atom is 0.308 e. The zero-order chi connectivity index (χ0) is 14.8. The molecule has 1 amide bonds. The standard InChI is InChI=1S/C14H17N3O3S/c1-20-13(19)10-2-4-16(5-3-10)12(18)8-11-9-17-6-7-21-14(17)15-11/h6-7,9-10H,2-5,8H2,1H3. The Bertz CT molecular complexity index is 627. The van der Waals surface area contributed by atoms with E-state index in [1.165, 1.54) is 7.11 Å². The van der Waals surface area contributed by atoms with Crippen LogP contribution in [0.4, 0.5) is 0 Å². The van der Waals surface area contributed by atoms with Gasteiger partial charge in [-0.1, -0.05) is 0 Å². The van der Waals surface area contributed by atoms with Gasteiger partial charge in [0.2, 0.25) is 5.91 Å². The summed E-state index contributed by atoms with van der Waals surface area (Å²) in [5.41, 5.74) is 0.793. The van der Waals surface area contributed by atoms with Crippen LogP contribution in [-0.2, 0) is 20.7 Å². The Balaban J connectivity index is 1.57. The number of carbonyl (C=O) groups is 2. The minimum atomic E-state index is -0.170. The maximum absolute atomic E-state index is 12.3. The van der Waals surface area contributed by atoms with E-state index in [2.05, 4.69) is 4.98 Å². The predicted octanol–water partition coefficient (Wildman–Crippen LogP) is 1.35. The van der Waals surface area contributed by atoms with E-state index in [1.807, 2.05) is 27.1 Å². The fraction of sp³-hybridized carbons (Fsp3) is 0.500. The van der Waals surface area contributed by atoms with Gasteiger partial charge in [0.15, 0.2) is 4.96 Å². The highest BCUT2D eigenvalue weighted by Crippen LogP contribution is 2.19. The quantitative estimate of drug-likeness (QED) is 0.803. The summed E-state index contributed by atoms with van der Waals surface area (Å²) in [5, 5.41) is 1.96. The molecule has 3 rings (SSSR count). The van der Waals surface area contributed by atoms with Crippen LogP contribution in [0.5, 0.6) is 0 Å². The van der Waals surface area contributed by atoms with Crippen LogP contribution in [0.25, 0.3) is 4.96 Å². The van der Waals surface area contributed by atoms with E-state index in [0.717, 1.165) is 10.7 Å². The van der Waals surface area contributed by atoms with E-state index in [-0.39, 0.29) is 17.8 Å². The van der Waals surface area contributed by atoms with Crippen LogP contribution in [0.15, 0.2) is 17.8 Å². The lowest BCUT2D eigenvalue weighted by atomic mass is 9.97. The Hall–Kier alpha value is -1.89. The Labute approximate surface area is 126 Å². The van der Waals surface area contributed by atoms with Crippen molar-refractivity contribution in [2.24, 2.45) is 5.92 Å². The smallest absolute Gasteiger partial charge is 0.308 e. The number of amides is 1. The van der Waals surface area contributed by atoms with Gasteiger partial charge in [0.1, 0.15) is 0 Å². The van der Waals surface area contributed by atoms with E-state index in [4.69, 9.17) is 4.74 Å². The summed E-state index contributed by atoms with van der Waals surface area (Å²) >= 11 is 1.55. The number of esters is 1. The van der Waals surface area contributed by atoms with Crippen molar-refractivity contribution in [3.05, 3.63) is 23.5 Å². The van der Waals surface area contributed by atoms with Crippen LogP contribution in [0, 0.1) is 5.92 Å². The molecule has 0 radical (unpaired) electrons. The summed E-state index contributed by atoms with van der Waals surface area (Å²) in [4.78, 5) is 30.9. The number of nitrogens with zero attached hydrogens (tertiary/aromatic N) is 3. The second kappa shape index (κ2) is 5.85. The molecule has 112 valence electrons. The first-order valence-electron chi connectivity index (χ1n) is 6.94. The second-order valence-corrected chi connectivity index (χ2v) is 6.05. The molecule has 2 aromatic heterocycles. The summed E-state index contributed by atoms with van der Waals surface area (Å²) in [6.45, 7) is 1.22. The lowest BCUT2D eigenvalue weighted by Gasteiger charge is -2.30. The number of imidazole rings is 1. The Morgan fingerprint density at radius 2 is 2.19 bits per heavy atom. The average Bonchev–Trinajstić information content (AvgIpc) is 3.07. The SMILES string of the molecule is COC(=O)C1CCN(C(=O)Cc2cn3ccsc3n2)CC1. The normalized spacial score (nSPS) is 16.3. The molecule has 0 atom stereocenters. The fourth-order valence-electron chi connectivity index (χ4n) is 2.66. The van der Waals surface area contributed by atoms with E-state index in [9.17, 15) is 9.59 Å². The van der Waals surface area contributed by atoms with Crippen molar-refractivity contribution in [2.75, 3.05) is 20.2 Å². The Morgan fingerprint density at radius 3 is 2.86 bits per heavy atom. The van der Waals surface area contributed by atoms with Crippen molar-refractivity contribution in [3.8, 4) is 0 Å². The largest absolute Gasteiger partial charge is 0.469 e. The summed E-state index contributed by atoms with van der Waals surface area (Å²) in [6.07, 6.45) is 5.50. The molecule has 3 heterocycles. The fourth-order valence-corrected chi connectivity index (χ4v) is 3.38. The molecule has 1 fully saturated rings. The zero-order valence-electron chi connectivity index (χ0n) is 11.8. The topological polar surface area (TPSA) is 63.9 Å². The number of piperidine rings is 1. The number of rotatable bonds is 3. The third kappa shape index (κ3) is 2.92. The van der Waals surface area contributed by atoms with Crippen molar-refractivity contribution in [3.63, 3.8) is 0 Å². The number of fused-ring (bicyclic) bond motifs is 1. The Kier molecular flexibility index (Phi) is 3.92. The molecule has 0 spiro atoms. The lowest BCUT2D eigenvalue weighted by molar-refractivity contribution is -0.148. The van der Waals surface area contributed by atoms with Gasteiger partial charge in [-0.25, -0.2) is 4.98 Å². The van der Waals surface area contributed by atoms with Crippen LogP contribution < -0.4 is 0 Å². The first-order valence-corrected chi connectivity index (χ1v) is 7.82. The first-order chi connectivity index (χ1) is 10.2. The van der Waals surface area contributed by atoms with E-state index < -0.39 is 0 Å². The molecule has 6 nitrogen and oxygen atoms in total. The summed E-state index contributed by atoms with van der Waals surface area (Å²) in [5.74, 6) is -0.169. The molecule has 21 heavy (non-hydrogen) atoms. The average molecular weight is 307 g/mol. The molecule has 1 aliphatic rings. The molecule has 0 saturated carbocycles. The molecule has 7 heteroatoms. The number of hydrogen-bond acceptors (Lipinski definition) is 5. The van der Waals surface area contributed by atoms with Crippen LogP contribution in [0.1, 0.15) is 18.5 Å². The molecule has 0 bridgehead atoms. The zero-order valence-corrected chi connectivity index (χ0v) is 12.6. The number of thiazole rings is 1. The minimum Gasteiger partial charge on any atom is -0.469 e. The number of aromatic nitrogens is 2. The molecule has 0 N–H and O–H groups in total. The molecule has 2 aromatic rings. The van der Waals surface area contributed by atoms with Crippen LogP contribution in [0.2, 0.25) is 0 Å². The summed E-state index contributed by atoms with van der Waals surface area (Å²) in [6, 6.07) is 0. The summed E-state index contributed by atoms with van der Waals surface area (Å²) < 4.78 is 6.68. The molecular formula is C14H17N3O3S. The molecule has 1 saturated heterocycles.